The van der Waals surface area contributed by atoms with Crippen LogP contribution in [0.15, 0.2) is 60.8 Å². The first-order valence-electron chi connectivity index (χ1n) is 13.3. The van der Waals surface area contributed by atoms with Crippen molar-refractivity contribution in [3.8, 4) is 28.7 Å². The quantitative estimate of drug-likeness (QED) is 0.294. The van der Waals surface area contributed by atoms with Gasteiger partial charge < -0.3 is 4.74 Å². The van der Waals surface area contributed by atoms with Gasteiger partial charge in [0.1, 0.15) is 18.1 Å². The molecule has 6 rings (SSSR count). The highest BCUT2D eigenvalue weighted by atomic mass is 35.5. The van der Waals surface area contributed by atoms with Crippen molar-refractivity contribution in [3.05, 3.63) is 82.6 Å². The van der Waals surface area contributed by atoms with Crippen LogP contribution in [0, 0.1) is 30.6 Å². The maximum atomic E-state index is 6.42. The minimum Gasteiger partial charge on any atom is -0.491 e. The van der Waals surface area contributed by atoms with E-state index in [1.54, 1.807) is 0 Å². The molecule has 0 aliphatic heterocycles. The Morgan fingerprint density at radius 1 is 0.917 bits per heavy atom. The number of benzene rings is 2. The number of rotatable bonds is 9. The fourth-order valence-electron chi connectivity index (χ4n) is 4.90. The molecule has 1 aromatic heterocycles. The van der Waals surface area contributed by atoms with Gasteiger partial charge in [0.05, 0.1) is 5.54 Å². The van der Waals surface area contributed by atoms with Gasteiger partial charge in [0, 0.05) is 35.4 Å². The number of halogens is 1. The van der Waals surface area contributed by atoms with Crippen LogP contribution in [0.1, 0.15) is 55.3 Å². The first-order valence-corrected chi connectivity index (χ1v) is 13.7. The topological polar surface area (TPSA) is 25.4 Å². The van der Waals surface area contributed by atoms with E-state index >= 15 is 0 Å². The summed E-state index contributed by atoms with van der Waals surface area (Å²) in [6.07, 6.45) is 10.1. The van der Waals surface area contributed by atoms with E-state index in [0.29, 0.717) is 0 Å². The Hall–Kier alpha value is -2.80. The van der Waals surface area contributed by atoms with E-state index in [9.17, 15) is 0 Å². The molecule has 0 amide bonds. The van der Waals surface area contributed by atoms with Gasteiger partial charge in [-0.05, 0) is 111 Å². The third-order valence-corrected chi connectivity index (χ3v) is 8.05. The molecule has 184 valence electrons. The molecule has 2 aromatic carbocycles. The molecule has 3 nitrogen and oxygen atoms in total. The summed E-state index contributed by atoms with van der Waals surface area (Å²) in [5, 5.41) is 0.733. The van der Waals surface area contributed by atoms with Crippen LogP contribution in [-0.2, 0) is 0 Å². The molecule has 0 saturated heterocycles. The Morgan fingerprint density at radius 2 is 1.61 bits per heavy atom. The molecule has 0 bridgehead atoms. The van der Waals surface area contributed by atoms with Gasteiger partial charge in [0.15, 0.2) is 0 Å². The van der Waals surface area contributed by atoms with Crippen LogP contribution in [0.2, 0.25) is 5.02 Å². The SMILES string of the molecule is Cc1cc(C#Cc2ccc(-c3ccc(Cl)cc3)cn2)ccc1OCC1(N(CC2CC2)CC2CC2)CC1. The van der Waals surface area contributed by atoms with E-state index < -0.39 is 0 Å². The summed E-state index contributed by atoms with van der Waals surface area (Å²) in [4.78, 5) is 7.32. The van der Waals surface area contributed by atoms with Gasteiger partial charge in [0.25, 0.3) is 0 Å². The van der Waals surface area contributed by atoms with Crippen LogP contribution in [0.25, 0.3) is 11.1 Å². The highest BCUT2D eigenvalue weighted by Crippen LogP contribution is 2.46. The normalized spacial score (nSPS) is 18.0. The number of aryl methyl sites for hydroxylation is 1. The molecule has 0 atom stereocenters. The summed E-state index contributed by atoms with van der Waals surface area (Å²) in [6.45, 7) is 5.48. The molecule has 3 saturated carbocycles. The van der Waals surface area contributed by atoms with Crippen LogP contribution in [0.4, 0.5) is 0 Å². The van der Waals surface area contributed by atoms with Gasteiger partial charge in [-0.1, -0.05) is 35.7 Å². The Balaban J connectivity index is 1.08. The maximum absolute atomic E-state index is 6.42. The summed E-state index contributed by atoms with van der Waals surface area (Å²) >= 11 is 5.99. The van der Waals surface area contributed by atoms with Gasteiger partial charge in [-0.15, -0.1) is 0 Å². The summed E-state index contributed by atoms with van der Waals surface area (Å²) in [6, 6.07) is 18.1. The second-order valence-electron chi connectivity index (χ2n) is 11.0. The average Bonchev–Trinajstić information content (AvgIpc) is 3.73. The maximum Gasteiger partial charge on any atom is 0.122 e. The van der Waals surface area contributed by atoms with Crippen LogP contribution in [0.5, 0.6) is 5.75 Å². The molecule has 36 heavy (non-hydrogen) atoms. The number of nitrogens with zero attached hydrogens (tertiary/aromatic N) is 2. The van der Waals surface area contributed by atoms with E-state index in [-0.39, 0.29) is 5.54 Å². The minimum absolute atomic E-state index is 0.278. The standard InChI is InChI=1S/C32H33ClN2O/c1-23-18-24(6-13-30-14-10-28(19-34-30)27-8-11-29(33)12-9-27)7-15-31(23)36-22-32(16-17-32)35(20-25-2-3-25)21-26-4-5-26/h7-12,14-15,18-19,25-26H,2-5,16-17,20-22H2,1H3. The number of hydrogen-bond donors (Lipinski definition) is 0. The second kappa shape index (κ2) is 9.92. The summed E-state index contributed by atoms with van der Waals surface area (Å²) in [5.41, 5.74) is 5.30. The Morgan fingerprint density at radius 3 is 2.19 bits per heavy atom. The summed E-state index contributed by atoms with van der Waals surface area (Å²) in [7, 11) is 0. The first kappa shape index (κ1) is 23.6. The second-order valence-corrected chi connectivity index (χ2v) is 11.4. The van der Waals surface area contributed by atoms with Gasteiger partial charge >= 0.3 is 0 Å². The van der Waals surface area contributed by atoms with E-state index in [0.717, 1.165) is 57.2 Å². The molecule has 0 radical (unpaired) electrons. The number of aromatic nitrogens is 1. The Labute approximate surface area is 219 Å². The lowest BCUT2D eigenvalue weighted by Crippen LogP contribution is -2.44. The lowest BCUT2D eigenvalue weighted by Gasteiger charge is -2.32. The predicted octanol–water partition coefficient (Wildman–Crippen LogP) is 7.14. The van der Waals surface area contributed by atoms with Gasteiger partial charge in [-0.3, -0.25) is 4.90 Å². The van der Waals surface area contributed by atoms with Gasteiger partial charge in [-0.2, -0.15) is 0 Å². The van der Waals surface area contributed by atoms with Crippen LogP contribution >= 0.6 is 11.6 Å². The van der Waals surface area contributed by atoms with Crippen molar-refractivity contribution in [1.29, 1.82) is 0 Å². The molecule has 3 aliphatic carbocycles. The third-order valence-electron chi connectivity index (χ3n) is 7.80. The first-order chi connectivity index (χ1) is 17.6. The average molecular weight is 497 g/mol. The largest absolute Gasteiger partial charge is 0.491 e. The van der Waals surface area contributed by atoms with Crippen molar-refractivity contribution in [2.75, 3.05) is 19.7 Å². The number of hydrogen-bond acceptors (Lipinski definition) is 3. The van der Waals surface area contributed by atoms with E-state index in [4.69, 9.17) is 16.3 Å². The monoisotopic (exact) mass is 496 g/mol. The molecule has 3 aliphatic rings. The predicted molar refractivity (Wildman–Crippen MR) is 146 cm³/mol. The highest BCUT2D eigenvalue weighted by Gasteiger charge is 2.51. The van der Waals surface area contributed by atoms with E-state index in [2.05, 4.69) is 46.8 Å². The lowest BCUT2D eigenvalue weighted by molar-refractivity contribution is 0.106. The van der Waals surface area contributed by atoms with Crippen molar-refractivity contribution < 1.29 is 4.74 Å². The van der Waals surface area contributed by atoms with Crippen molar-refractivity contribution in [2.24, 2.45) is 11.8 Å². The fraction of sp³-hybridized carbons (Fsp3) is 0.406. The number of ether oxygens (including phenoxy) is 1. The molecule has 4 heteroatoms. The molecule has 3 aromatic rings. The smallest absolute Gasteiger partial charge is 0.122 e. The molecule has 0 N–H and O–H groups in total. The Kier molecular flexibility index (Phi) is 6.50. The fourth-order valence-corrected chi connectivity index (χ4v) is 5.03. The Bertz CT molecular complexity index is 1260. The van der Waals surface area contributed by atoms with Crippen molar-refractivity contribution in [3.63, 3.8) is 0 Å². The van der Waals surface area contributed by atoms with Gasteiger partial charge in [-0.25, -0.2) is 4.98 Å². The van der Waals surface area contributed by atoms with Crippen molar-refractivity contribution in [2.45, 2.75) is 51.0 Å². The molecule has 3 fully saturated rings. The van der Waals surface area contributed by atoms with Crippen LogP contribution < -0.4 is 4.74 Å². The molecule has 0 spiro atoms. The molecular formula is C32H33ClN2O. The zero-order chi connectivity index (χ0) is 24.5. The van der Waals surface area contributed by atoms with Crippen molar-refractivity contribution in [1.82, 2.24) is 9.88 Å². The van der Waals surface area contributed by atoms with Crippen LogP contribution in [0.3, 0.4) is 0 Å². The third kappa shape index (κ3) is 5.77. The van der Waals surface area contributed by atoms with Crippen LogP contribution in [-0.4, -0.2) is 35.1 Å². The van der Waals surface area contributed by atoms with Gasteiger partial charge in [0.2, 0.25) is 0 Å². The summed E-state index contributed by atoms with van der Waals surface area (Å²) in [5.74, 6) is 9.31. The summed E-state index contributed by atoms with van der Waals surface area (Å²) < 4.78 is 6.42. The van der Waals surface area contributed by atoms with E-state index in [1.807, 2.05) is 42.6 Å². The lowest BCUT2D eigenvalue weighted by atomic mass is 10.1. The zero-order valence-corrected chi connectivity index (χ0v) is 21.7. The molecule has 1 heterocycles. The molecular weight excluding hydrogens is 464 g/mol. The van der Waals surface area contributed by atoms with Crippen molar-refractivity contribution >= 4 is 11.6 Å². The van der Waals surface area contributed by atoms with E-state index in [1.165, 1.54) is 51.6 Å². The molecule has 0 unspecified atom stereocenters. The number of pyridine rings is 1. The zero-order valence-electron chi connectivity index (χ0n) is 21.0. The highest BCUT2D eigenvalue weighted by molar-refractivity contribution is 6.30. The minimum atomic E-state index is 0.278.